The number of nitrogens with zero attached hydrogens (tertiary/aromatic N) is 2. The second kappa shape index (κ2) is 11.8. The normalized spacial score (nSPS) is 15.3. The summed E-state index contributed by atoms with van der Waals surface area (Å²) in [5.41, 5.74) is 2.34. The first-order valence-electron chi connectivity index (χ1n) is 11.6. The van der Waals surface area contributed by atoms with Crippen LogP contribution in [-0.4, -0.2) is 64.7 Å². The number of rotatable bonds is 9. The number of amides is 2. The van der Waals surface area contributed by atoms with Crippen LogP contribution in [0.3, 0.4) is 0 Å². The van der Waals surface area contributed by atoms with Crippen molar-refractivity contribution in [3.05, 3.63) is 59.2 Å². The first-order chi connectivity index (χ1) is 17.0. The van der Waals surface area contributed by atoms with Gasteiger partial charge < -0.3 is 33.8 Å². The molecule has 10 nitrogen and oxygen atoms in total. The van der Waals surface area contributed by atoms with Crippen LogP contribution in [0.2, 0.25) is 0 Å². The monoisotopic (exact) mass is 520 g/mol. The van der Waals surface area contributed by atoms with E-state index in [0.29, 0.717) is 11.5 Å². The van der Waals surface area contributed by atoms with E-state index in [4.69, 9.17) is 14.2 Å². The van der Waals surface area contributed by atoms with Crippen LogP contribution in [0.15, 0.2) is 42.5 Å². The number of urea groups is 1. The van der Waals surface area contributed by atoms with Gasteiger partial charge in [0.1, 0.15) is 18.9 Å². The van der Waals surface area contributed by atoms with Crippen molar-refractivity contribution in [2.24, 2.45) is 5.92 Å². The molecule has 1 aliphatic heterocycles. The SMILES string of the molecule is COc1cc2c(cc1OC)CN(C(=O)N(CC(C)C)CP(=O)(O)O)C(C(=O)OCc1ccccc1)C2. The van der Waals surface area contributed by atoms with Crippen molar-refractivity contribution in [1.29, 1.82) is 0 Å². The molecule has 0 bridgehead atoms. The molecule has 0 aromatic heterocycles. The van der Waals surface area contributed by atoms with Gasteiger partial charge in [0, 0.05) is 19.5 Å². The summed E-state index contributed by atoms with van der Waals surface area (Å²) in [4.78, 5) is 48.5. The minimum Gasteiger partial charge on any atom is -0.493 e. The third-order valence-electron chi connectivity index (χ3n) is 5.79. The molecular formula is C25H33N2O8P. The van der Waals surface area contributed by atoms with Gasteiger partial charge in [-0.3, -0.25) is 4.57 Å². The van der Waals surface area contributed by atoms with Gasteiger partial charge in [0.2, 0.25) is 0 Å². The van der Waals surface area contributed by atoms with E-state index in [-0.39, 0.29) is 32.0 Å². The molecule has 2 N–H and O–H groups in total. The average molecular weight is 521 g/mol. The highest BCUT2D eigenvalue weighted by atomic mass is 31.2. The zero-order chi connectivity index (χ0) is 26.5. The van der Waals surface area contributed by atoms with Gasteiger partial charge in [0.15, 0.2) is 11.5 Å². The quantitative estimate of drug-likeness (QED) is 0.381. The first-order valence-corrected chi connectivity index (χ1v) is 13.4. The maximum absolute atomic E-state index is 13.6. The summed E-state index contributed by atoms with van der Waals surface area (Å²) in [7, 11) is -1.52. The lowest BCUT2D eigenvalue weighted by Gasteiger charge is -2.39. The lowest BCUT2D eigenvalue weighted by molar-refractivity contribution is -0.151. The first kappa shape index (κ1) is 27.5. The van der Waals surface area contributed by atoms with Crippen LogP contribution in [0.1, 0.15) is 30.5 Å². The predicted octanol–water partition coefficient (Wildman–Crippen LogP) is 3.39. The molecule has 0 radical (unpaired) electrons. The molecule has 2 aromatic rings. The van der Waals surface area contributed by atoms with E-state index < -0.39 is 31.9 Å². The number of fused-ring (bicyclic) bond motifs is 1. The Hall–Kier alpha value is -3.07. The Balaban J connectivity index is 1.95. The summed E-state index contributed by atoms with van der Waals surface area (Å²) < 4.78 is 28.2. The number of methoxy groups -OCH3 is 2. The Morgan fingerprint density at radius 2 is 1.69 bits per heavy atom. The minimum absolute atomic E-state index is 0.0369. The second-order valence-corrected chi connectivity index (χ2v) is 10.7. The largest absolute Gasteiger partial charge is 0.493 e. The van der Waals surface area contributed by atoms with Crippen LogP contribution in [-0.2, 0) is 33.7 Å². The van der Waals surface area contributed by atoms with Crippen LogP contribution in [0.5, 0.6) is 11.5 Å². The highest BCUT2D eigenvalue weighted by Crippen LogP contribution is 2.38. The van der Waals surface area contributed by atoms with Crippen molar-refractivity contribution in [2.75, 3.05) is 27.1 Å². The molecule has 2 aromatic carbocycles. The van der Waals surface area contributed by atoms with Crippen LogP contribution in [0, 0.1) is 5.92 Å². The number of ether oxygens (including phenoxy) is 3. The van der Waals surface area contributed by atoms with E-state index >= 15 is 0 Å². The molecule has 11 heteroatoms. The number of carbonyl (C=O) groups excluding carboxylic acids is 2. The summed E-state index contributed by atoms with van der Waals surface area (Å²) in [6.45, 7) is 3.87. The molecule has 1 heterocycles. The number of esters is 1. The summed E-state index contributed by atoms with van der Waals surface area (Å²) in [6.07, 6.45) is -0.592. The highest BCUT2D eigenvalue weighted by Gasteiger charge is 2.39. The van der Waals surface area contributed by atoms with Gasteiger partial charge in [-0.1, -0.05) is 44.2 Å². The zero-order valence-corrected chi connectivity index (χ0v) is 21.8. The number of carbonyl (C=O) groups is 2. The van der Waals surface area contributed by atoms with Crippen LogP contribution < -0.4 is 9.47 Å². The van der Waals surface area contributed by atoms with E-state index in [1.807, 2.05) is 44.2 Å². The van der Waals surface area contributed by atoms with E-state index in [9.17, 15) is 23.9 Å². The summed E-state index contributed by atoms with van der Waals surface area (Å²) in [6, 6.07) is 11.1. The Kier molecular flexibility index (Phi) is 9.00. The molecule has 196 valence electrons. The highest BCUT2D eigenvalue weighted by molar-refractivity contribution is 7.51. The minimum atomic E-state index is -4.54. The fraction of sp³-hybridized carbons (Fsp3) is 0.440. The van der Waals surface area contributed by atoms with E-state index in [2.05, 4.69) is 0 Å². The summed E-state index contributed by atoms with van der Waals surface area (Å²) >= 11 is 0. The number of hydrogen-bond acceptors (Lipinski definition) is 6. The van der Waals surface area contributed by atoms with Crippen LogP contribution >= 0.6 is 7.60 Å². The Labute approximate surface area is 210 Å². The fourth-order valence-electron chi connectivity index (χ4n) is 4.19. The molecular weight excluding hydrogens is 487 g/mol. The standard InChI is InChI=1S/C25H33N2O8P/c1-17(2)13-26(16-36(30,31)32)25(29)27-14-20-12-23(34-4)22(33-3)11-19(20)10-21(27)24(28)35-15-18-8-6-5-7-9-18/h5-9,11-12,17,21H,10,13-16H2,1-4H3,(H2,30,31,32). The molecule has 2 amide bonds. The van der Waals surface area contributed by atoms with Crippen LogP contribution in [0.25, 0.3) is 0 Å². The summed E-state index contributed by atoms with van der Waals surface area (Å²) in [5, 5.41) is 0. The smallest absolute Gasteiger partial charge is 0.344 e. The fourth-order valence-corrected chi connectivity index (χ4v) is 4.87. The molecule has 0 aliphatic carbocycles. The molecule has 36 heavy (non-hydrogen) atoms. The van der Waals surface area contributed by atoms with Crippen molar-refractivity contribution in [3.63, 3.8) is 0 Å². The molecule has 1 aliphatic rings. The van der Waals surface area contributed by atoms with E-state index in [0.717, 1.165) is 21.6 Å². The lowest BCUT2D eigenvalue weighted by atomic mass is 9.93. The maximum Gasteiger partial charge on any atom is 0.344 e. The predicted molar refractivity (Wildman–Crippen MR) is 133 cm³/mol. The van der Waals surface area contributed by atoms with E-state index in [1.165, 1.54) is 19.1 Å². The third-order valence-corrected chi connectivity index (χ3v) is 6.50. The van der Waals surface area contributed by atoms with Crippen molar-refractivity contribution >= 4 is 19.6 Å². The molecule has 1 unspecified atom stereocenters. The molecule has 0 saturated carbocycles. The van der Waals surface area contributed by atoms with Crippen molar-refractivity contribution in [3.8, 4) is 11.5 Å². The van der Waals surface area contributed by atoms with Gasteiger partial charge in [0.25, 0.3) is 0 Å². The number of benzene rings is 2. The molecule has 0 fully saturated rings. The zero-order valence-electron chi connectivity index (χ0n) is 20.9. The molecule has 1 atom stereocenters. The van der Waals surface area contributed by atoms with Gasteiger partial charge in [-0.25, -0.2) is 9.59 Å². The Morgan fingerprint density at radius 3 is 2.25 bits per heavy atom. The number of hydrogen-bond donors (Lipinski definition) is 2. The third kappa shape index (κ3) is 7.00. The molecule has 3 rings (SSSR count). The van der Waals surface area contributed by atoms with E-state index in [1.54, 1.807) is 12.1 Å². The topological polar surface area (TPSA) is 126 Å². The van der Waals surface area contributed by atoms with Gasteiger partial charge >= 0.3 is 19.6 Å². The van der Waals surface area contributed by atoms with Crippen molar-refractivity contribution in [1.82, 2.24) is 9.80 Å². The average Bonchev–Trinajstić information content (AvgIpc) is 2.84. The van der Waals surface area contributed by atoms with Gasteiger partial charge in [-0.2, -0.15) is 0 Å². The van der Waals surface area contributed by atoms with Crippen LogP contribution in [0.4, 0.5) is 4.79 Å². The molecule has 0 saturated heterocycles. The lowest BCUT2D eigenvalue weighted by Crippen LogP contribution is -2.54. The van der Waals surface area contributed by atoms with Gasteiger partial charge in [-0.05, 0) is 34.7 Å². The second-order valence-electron chi connectivity index (χ2n) is 9.12. The summed E-state index contributed by atoms with van der Waals surface area (Å²) in [5.74, 6) is 0.317. The van der Waals surface area contributed by atoms with Crippen molar-refractivity contribution < 1.29 is 38.2 Å². The van der Waals surface area contributed by atoms with Crippen molar-refractivity contribution in [2.45, 2.75) is 39.5 Å². The molecule has 0 spiro atoms. The van der Waals surface area contributed by atoms with Gasteiger partial charge in [0.05, 0.1) is 14.2 Å². The Bertz CT molecular complexity index is 1120. The Morgan fingerprint density at radius 1 is 1.08 bits per heavy atom. The maximum atomic E-state index is 13.6. The van der Waals surface area contributed by atoms with Gasteiger partial charge in [-0.15, -0.1) is 0 Å².